The van der Waals surface area contributed by atoms with E-state index in [9.17, 15) is 0 Å². The molecule has 0 saturated heterocycles. The lowest BCUT2D eigenvalue weighted by atomic mass is 9.68. The number of hydrogen-bond donors (Lipinski definition) is 0. The molecule has 0 radical (unpaired) electrons. The summed E-state index contributed by atoms with van der Waals surface area (Å²) in [5.41, 5.74) is 14.7. The van der Waals surface area contributed by atoms with Gasteiger partial charge in [-0.25, -0.2) is 0 Å². The molecule has 0 aromatic heterocycles. The van der Waals surface area contributed by atoms with Gasteiger partial charge < -0.3 is 9.80 Å². The quantitative estimate of drug-likeness (QED) is 0.154. The standard InChI is InChI=1S/C63H56N2/c1-61(2,3)46-23-30-48(31-24-46)64(50-27-20-41-14-9-11-16-43(41)36-50)52-29-22-45-38-57-54-35-34-53(40-59(54)63(7,8)58-19-13-18-55(60(57)58)56(45)39-52)65(49-32-25-47(26-33-49)62(4,5)6)51-28-21-42-15-10-12-17-44(42)37-51/h9-40H,1-8H3. The SMILES string of the molecule is CC(C)(C)c1ccc(N(c2ccc3c(c2)C(C)(C)c2cccc4c2c-3cc2ccc(N(c3ccc(C(C)(C)C)cc3)c3ccc5ccccc5c3)cc24)c2ccc3ccccc3c2)cc1. The van der Waals surface area contributed by atoms with Gasteiger partial charge in [0.15, 0.2) is 0 Å². The molecular formula is C63H56N2. The molecule has 65 heavy (non-hydrogen) atoms. The summed E-state index contributed by atoms with van der Waals surface area (Å²) in [6.45, 7) is 18.5. The predicted molar refractivity (Wildman–Crippen MR) is 281 cm³/mol. The molecule has 1 aliphatic carbocycles. The first-order chi connectivity index (χ1) is 31.2. The lowest BCUT2D eigenvalue weighted by molar-refractivity contribution is 0.590. The summed E-state index contributed by atoms with van der Waals surface area (Å²) in [4.78, 5) is 4.86. The molecule has 0 heterocycles. The second-order valence-electron chi connectivity index (χ2n) is 20.7. The lowest BCUT2D eigenvalue weighted by Crippen LogP contribution is -2.24. The molecule has 0 aliphatic heterocycles. The average molecular weight is 841 g/mol. The van der Waals surface area contributed by atoms with Crippen LogP contribution in [0.15, 0.2) is 194 Å². The van der Waals surface area contributed by atoms with Crippen molar-refractivity contribution in [1.82, 2.24) is 0 Å². The van der Waals surface area contributed by atoms with Gasteiger partial charge >= 0.3 is 0 Å². The van der Waals surface area contributed by atoms with Gasteiger partial charge in [0, 0.05) is 39.5 Å². The molecule has 0 N–H and O–H groups in total. The van der Waals surface area contributed by atoms with Gasteiger partial charge in [-0.2, -0.15) is 0 Å². The van der Waals surface area contributed by atoms with E-state index in [2.05, 4.69) is 259 Å². The van der Waals surface area contributed by atoms with Crippen LogP contribution in [0.4, 0.5) is 34.1 Å². The molecule has 318 valence electrons. The first-order valence-electron chi connectivity index (χ1n) is 23.2. The maximum Gasteiger partial charge on any atom is 0.0468 e. The summed E-state index contributed by atoms with van der Waals surface area (Å²) < 4.78 is 0. The zero-order valence-corrected chi connectivity index (χ0v) is 38.9. The van der Waals surface area contributed by atoms with E-state index in [1.54, 1.807) is 0 Å². The van der Waals surface area contributed by atoms with E-state index in [4.69, 9.17) is 0 Å². The average Bonchev–Trinajstić information content (AvgIpc) is 3.30. The van der Waals surface area contributed by atoms with Crippen LogP contribution in [0.1, 0.15) is 77.6 Å². The Hall–Kier alpha value is -7.16. The third-order valence-electron chi connectivity index (χ3n) is 14.1. The minimum atomic E-state index is -0.264. The summed E-state index contributed by atoms with van der Waals surface area (Å²) in [7, 11) is 0. The van der Waals surface area contributed by atoms with Crippen molar-refractivity contribution >= 4 is 77.2 Å². The summed E-state index contributed by atoms with van der Waals surface area (Å²) in [5.74, 6) is 0. The van der Waals surface area contributed by atoms with Crippen LogP contribution in [0.25, 0.3) is 54.2 Å². The van der Waals surface area contributed by atoms with Gasteiger partial charge in [0.05, 0.1) is 0 Å². The third-order valence-corrected chi connectivity index (χ3v) is 14.1. The van der Waals surface area contributed by atoms with Crippen LogP contribution >= 0.6 is 0 Å². The molecule has 1 aliphatic rings. The zero-order valence-electron chi connectivity index (χ0n) is 38.9. The smallest absolute Gasteiger partial charge is 0.0468 e. The Morgan fingerprint density at radius 3 is 1.29 bits per heavy atom. The highest BCUT2D eigenvalue weighted by Crippen LogP contribution is 2.52. The van der Waals surface area contributed by atoms with Crippen LogP contribution in [0.2, 0.25) is 0 Å². The van der Waals surface area contributed by atoms with Crippen LogP contribution in [0.5, 0.6) is 0 Å². The number of rotatable bonds is 6. The minimum absolute atomic E-state index is 0.0667. The van der Waals surface area contributed by atoms with Crippen molar-refractivity contribution in [3.05, 3.63) is 216 Å². The molecule has 2 heteroatoms. The molecule has 0 fully saturated rings. The van der Waals surface area contributed by atoms with Crippen LogP contribution in [0.3, 0.4) is 0 Å². The Bertz CT molecular complexity index is 3470. The molecule has 2 nitrogen and oxygen atoms in total. The Labute approximate surface area is 384 Å². The van der Waals surface area contributed by atoms with Crippen LogP contribution < -0.4 is 9.80 Å². The van der Waals surface area contributed by atoms with E-state index >= 15 is 0 Å². The molecular weight excluding hydrogens is 785 g/mol. The van der Waals surface area contributed by atoms with Gasteiger partial charge in [-0.3, -0.25) is 0 Å². The zero-order chi connectivity index (χ0) is 44.8. The first-order valence-corrected chi connectivity index (χ1v) is 23.2. The second kappa shape index (κ2) is 15.0. The van der Waals surface area contributed by atoms with E-state index in [0.29, 0.717) is 0 Å². The molecule has 11 rings (SSSR count). The summed E-state index contributed by atoms with van der Waals surface area (Å²) in [6.07, 6.45) is 0. The lowest BCUT2D eigenvalue weighted by Gasteiger charge is -2.37. The van der Waals surface area contributed by atoms with E-state index in [1.165, 1.54) is 76.5 Å². The Balaban J connectivity index is 1.07. The Kier molecular flexibility index (Phi) is 9.35. The number of hydrogen-bond acceptors (Lipinski definition) is 2. The van der Waals surface area contributed by atoms with Crippen molar-refractivity contribution in [2.24, 2.45) is 0 Å². The third kappa shape index (κ3) is 6.95. The molecule has 10 aromatic rings. The highest BCUT2D eigenvalue weighted by Gasteiger charge is 2.35. The summed E-state index contributed by atoms with van der Waals surface area (Å²) in [5, 5.41) is 10.1. The number of benzene rings is 10. The van der Waals surface area contributed by atoms with Crippen molar-refractivity contribution in [3.63, 3.8) is 0 Å². The molecule has 0 saturated carbocycles. The van der Waals surface area contributed by atoms with Crippen molar-refractivity contribution < 1.29 is 0 Å². The van der Waals surface area contributed by atoms with Gasteiger partial charge in [0.25, 0.3) is 0 Å². The van der Waals surface area contributed by atoms with Crippen molar-refractivity contribution in [1.29, 1.82) is 0 Å². The van der Waals surface area contributed by atoms with Crippen molar-refractivity contribution in [2.45, 2.75) is 71.6 Å². The molecule has 10 aromatic carbocycles. The minimum Gasteiger partial charge on any atom is -0.310 e. The molecule has 0 amide bonds. The van der Waals surface area contributed by atoms with Gasteiger partial charge in [-0.1, -0.05) is 171 Å². The van der Waals surface area contributed by atoms with Gasteiger partial charge in [0.1, 0.15) is 0 Å². The summed E-state index contributed by atoms with van der Waals surface area (Å²) >= 11 is 0. The summed E-state index contributed by atoms with van der Waals surface area (Å²) in [6, 6.07) is 73.0. The van der Waals surface area contributed by atoms with Crippen molar-refractivity contribution in [2.75, 3.05) is 9.80 Å². The number of fused-ring (bicyclic) bond motifs is 6. The first kappa shape index (κ1) is 40.6. The fourth-order valence-electron chi connectivity index (χ4n) is 10.4. The van der Waals surface area contributed by atoms with Crippen LogP contribution in [-0.4, -0.2) is 0 Å². The van der Waals surface area contributed by atoms with Crippen LogP contribution in [-0.2, 0) is 16.2 Å². The van der Waals surface area contributed by atoms with E-state index in [0.717, 1.165) is 34.1 Å². The Morgan fingerprint density at radius 2 is 0.769 bits per heavy atom. The Morgan fingerprint density at radius 1 is 0.323 bits per heavy atom. The normalized spacial score (nSPS) is 13.4. The maximum absolute atomic E-state index is 2.46. The maximum atomic E-state index is 2.46. The predicted octanol–water partition coefficient (Wildman–Crippen LogP) is 18.1. The fourth-order valence-corrected chi connectivity index (χ4v) is 10.4. The van der Waals surface area contributed by atoms with E-state index in [-0.39, 0.29) is 16.2 Å². The number of nitrogens with zero attached hydrogens (tertiary/aromatic N) is 2. The van der Waals surface area contributed by atoms with E-state index in [1.807, 2.05) is 0 Å². The van der Waals surface area contributed by atoms with Gasteiger partial charge in [0.2, 0.25) is 0 Å². The van der Waals surface area contributed by atoms with E-state index < -0.39 is 0 Å². The highest BCUT2D eigenvalue weighted by atomic mass is 15.1. The monoisotopic (exact) mass is 840 g/mol. The molecule has 0 atom stereocenters. The van der Waals surface area contributed by atoms with Gasteiger partial charge in [-0.05, 0) is 166 Å². The molecule has 0 bridgehead atoms. The topological polar surface area (TPSA) is 6.48 Å². The van der Waals surface area contributed by atoms with Crippen molar-refractivity contribution in [3.8, 4) is 11.1 Å². The fraction of sp³-hybridized carbons (Fsp3) is 0.175. The highest BCUT2D eigenvalue weighted by molar-refractivity contribution is 6.17. The van der Waals surface area contributed by atoms with Crippen LogP contribution in [0, 0.1) is 0 Å². The van der Waals surface area contributed by atoms with Gasteiger partial charge in [-0.15, -0.1) is 0 Å². The molecule has 0 unspecified atom stereocenters. The molecule has 0 spiro atoms. The largest absolute Gasteiger partial charge is 0.310 e. The number of anilines is 6. The second-order valence-corrected chi connectivity index (χ2v) is 20.7.